The van der Waals surface area contributed by atoms with Gasteiger partial charge in [0.25, 0.3) is 5.91 Å². The molecule has 0 aliphatic heterocycles. The molecule has 0 spiro atoms. The van der Waals surface area contributed by atoms with Crippen molar-refractivity contribution in [1.29, 1.82) is 5.26 Å². The normalized spacial score (nSPS) is 12.2. The van der Waals surface area contributed by atoms with Gasteiger partial charge in [-0.05, 0) is 35.2 Å². The number of aromatic amines is 1. The minimum absolute atomic E-state index is 0.0691. The van der Waals surface area contributed by atoms with Crippen molar-refractivity contribution in [2.24, 2.45) is 11.1 Å². The van der Waals surface area contributed by atoms with E-state index in [0.29, 0.717) is 12.2 Å². The van der Waals surface area contributed by atoms with Gasteiger partial charge in [0.2, 0.25) is 0 Å². The Balaban J connectivity index is 2.03. The average molecular weight is 519 g/mol. The first kappa shape index (κ1) is 28.3. The number of nitriles is 1. The maximum Gasteiger partial charge on any atom is 0.328 e. The molecule has 9 nitrogen and oxygen atoms in total. The van der Waals surface area contributed by atoms with Crippen LogP contribution >= 0.6 is 0 Å². The zero-order valence-corrected chi connectivity index (χ0v) is 22.3. The Morgan fingerprint density at radius 1 is 1.11 bits per heavy atom. The number of hydrogen-bond acceptors (Lipinski definition) is 7. The van der Waals surface area contributed by atoms with Gasteiger partial charge in [-0.15, -0.1) is 0 Å². The molecular weight excluding hydrogens is 484 g/mol. The van der Waals surface area contributed by atoms with E-state index in [9.17, 15) is 9.59 Å². The van der Waals surface area contributed by atoms with Gasteiger partial charge < -0.3 is 24.2 Å². The summed E-state index contributed by atoms with van der Waals surface area (Å²) in [5.74, 6) is -0.179. The molecular formula is C29H34N4O5. The Kier molecular flexibility index (Phi) is 10.3. The number of para-hydroxylation sites is 1. The van der Waals surface area contributed by atoms with Crippen molar-refractivity contribution in [1.82, 2.24) is 9.88 Å². The van der Waals surface area contributed by atoms with Crippen LogP contribution in [0, 0.1) is 17.2 Å². The molecule has 1 N–H and O–H groups in total. The molecule has 0 aliphatic rings. The number of fused-ring (bicyclic) bond motifs is 1. The maximum atomic E-state index is 14.0. The summed E-state index contributed by atoms with van der Waals surface area (Å²) in [5, 5.41) is 13.9. The van der Waals surface area contributed by atoms with Crippen molar-refractivity contribution >= 4 is 28.5 Å². The van der Waals surface area contributed by atoms with Crippen molar-refractivity contribution in [3.63, 3.8) is 0 Å². The van der Waals surface area contributed by atoms with Crippen molar-refractivity contribution in [3.05, 3.63) is 65.9 Å². The summed E-state index contributed by atoms with van der Waals surface area (Å²) in [6.45, 7) is 4.14. The minimum atomic E-state index is -0.926. The van der Waals surface area contributed by atoms with Crippen LogP contribution in [-0.2, 0) is 32.1 Å². The number of carbonyl (C=O) groups excluding carboxylic acids is 2. The lowest BCUT2D eigenvalue weighted by Crippen LogP contribution is -2.49. The fraction of sp³-hybridized carbons (Fsp3) is 0.379. The molecule has 1 heterocycles. The number of ether oxygens (including phenoxy) is 2. The third-order valence-corrected chi connectivity index (χ3v) is 6.04. The SMILES string of the molecule is COC(=O)[C@H](Cc1c[nH]c2ccccc12)N(Cc1ccc(OC)cc1)C(=O)C(CC(C)C)=NOCCC#N. The van der Waals surface area contributed by atoms with Crippen LogP contribution in [0.25, 0.3) is 10.9 Å². The molecule has 0 aliphatic carbocycles. The van der Waals surface area contributed by atoms with E-state index >= 15 is 0 Å². The standard InChI is InChI=1S/C29H34N4O5/c1-20(2)16-26(32-38-15-7-14-30)28(34)33(19-21-10-12-23(36-3)13-11-21)27(29(35)37-4)17-22-18-31-25-9-6-5-8-24(22)25/h5-6,8-13,18,20,27,31H,7,15-17,19H2,1-4H3/t27-/m0/s1. The fourth-order valence-electron chi connectivity index (χ4n) is 4.15. The van der Waals surface area contributed by atoms with Gasteiger partial charge in [0.15, 0.2) is 0 Å². The quantitative estimate of drug-likeness (QED) is 0.153. The summed E-state index contributed by atoms with van der Waals surface area (Å²) in [6.07, 6.45) is 2.58. The van der Waals surface area contributed by atoms with Crippen LogP contribution in [0.5, 0.6) is 5.75 Å². The highest BCUT2D eigenvalue weighted by molar-refractivity contribution is 6.39. The summed E-state index contributed by atoms with van der Waals surface area (Å²) in [6, 6.07) is 16.2. The number of amides is 1. The summed E-state index contributed by atoms with van der Waals surface area (Å²) in [5.41, 5.74) is 2.81. The molecule has 3 aromatic rings. The van der Waals surface area contributed by atoms with Crippen molar-refractivity contribution in [2.75, 3.05) is 20.8 Å². The summed E-state index contributed by atoms with van der Waals surface area (Å²) in [7, 11) is 2.90. The van der Waals surface area contributed by atoms with Crippen LogP contribution in [0.15, 0.2) is 59.9 Å². The van der Waals surface area contributed by atoms with Crippen LogP contribution in [0.1, 0.15) is 37.8 Å². The lowest BCUT2D eigenvalue weighted by molar-refractivity contribution is -0.151. The van der Waals surface area contributed by atoms with E-state index < -0.39 is 17.9 Å². The highest BCUT2D eigenvalue weighted by atomic mass is 16.6. The number of aromatic nitrogens is 1. The molecule has 0 unspecified atom stereocenters. The Morgan fingerprint density at radius 3 is 2.50 bits per heavy atom. The van der Waals surface area contributed by atoms with Crippen molar-refractivity contribution in [3.8, 4) is 11.8 Å². The van der Waals surface area contributed by atoms with Gasteiger partial charge in [-0.25, -0.2) is 4.79 Å². The monoisotopic (exact) mass is 518 g/mol. The van der Waals surface area contributed by atoms with E-state index in [2.05, 4.69) is 10.1 Å². The van der Waals surface area contributed by atoms with E-state index in [1.54, 1.807) is 19.2 Å². The van der Waals surface area contributed by atoms with Crippen LogP contribution in [-0.4, -0.2) is 54.3 Å². The molecule has 0 saturated heterocycles. The lowest BCUT2D eigenvalue weighted by atomic mass is 10.0. The first-order valence-corrected chi connectivity index (χ1v) is 12.5. The average Bonchev–Trinajstić information content (AvgIpc) is 3.34. The third kappa shape index (κ3) is 7.35. The molecule has 1 amide bonds. The Labute approximate surface area is 223 Å². The molecule has 2 aromatic carbocycles. The van der Waals surface area contributed by atoms with Crippen molar-refractivity contribution < 1.29 is 23.9 Å². The number of benzene rings is 2. The van der Waals surface area contributed by atoms with Gasteiger partial charge in [-0.2, -0.15) is 5.26 Å². The largest absolute Gasteiger partial charge is 0.497 e. The molecule has 3 rings (SSSR count). The number of oxime groups is 1. The highest BCUT2D eigenvalue weighted by Gasteiger charge is 2.34. The van der Waals surface area contributed by atoms with Crippen LogP contribution in [0.4, 0.5) is 0 Å². The second kappa shape index (κ2) is 13.8. The molecule has 0 saturated carbocycles. The minimum Gasteiger partial charge on any atom is -0.497 e. The molecule has 38 heavy (non-hydrogen) atoms. The molecule has 9 heteroatoms. The van der Waals surface area contributed by atoms with Crippen LogP contribution in [0.2, 0.25) is 0 Å². The third-order valence-electron chi connectivity index (χ3n) is 6.04. The maximum absolute atomic E-state index is 14.0. The molecule has 1 atom stereocenters. The van der Waals surface area contributed by atoms with Gasteiger partial charge in [-0.1, -0.05) is 49.3 Å². The molecule has 0 fully saturated rings. The first-order chi connectivity index (χ1) is 18.4. The number of nitrogens with zero attached hydrogens (tertiary/aromatic N) is 3. The number of rotatable bonds is 13. The second-order valence-corrected chi connectivity index (χ2v) is 9.26. The smallest absolute Gasteiger partial charge is 0.328 e. The zero-order chi connectivity index (χ0) is 27.5. The van der Waals surface area contributed by atoms with Gasteiger partial charge in [0, 0.05) is 36.5 Å². The van der Waals surface area contributed by atoms with Gasteiger partial charge >= 0.3 is 5.97 Å². The van der Waals surface area contributed by atoms with E-state index in [0.717, 1.165) is 22.0 Å². The molecule has 200 valence electrons. The summed E-state index contributed by atoms with van der Waals surface area (Å²) < 4.78 is 10.4. The van der Waals surface area contributed by atoms with Gasteiger partial charge in [0.1, 0.15) is 24.1 Å². The molecule has 0 bridgehead atoms. The Hall–Kier alpha value is -4.32. The number of nitrogens with one attached hydrogen (secondary N) is 1. The van der Waals surface area contributed by atoms with Crippen LogP contribution in [0.3, 0.4) is 0 Å². The molecule has 0 radical (unpaired) electrons. The Morgan fingerprint density at radius 2 is 1.84 bits per heavy atom. The molecule has 1 aromatic heterocycles. The number of carbonyl (C=O) groups is 2. The second-order valence-electron chi connectivity index (χ2n) is 9.26. The van der Waals surface area contributed by atoms with Gasteiger partial charge in [-0.3, -0.25) is 4.79 Å². The predicted octanol–water partition coefficient (Wildman–Crippen LogP) is 4.62. The predicted molar refractivity (Wildman–Crippen MR) is 144 cm³/mol. The number of esters is 1. The summed E-state index contributed by atoms with van der Waals surface area (Å²) in [4.78, 5) is 37.3. The van der Waals surface area contributed by atoms with E-state index in [-0.39, 0.29) is 37.6 Å². The topological polar surface area (TPSA) is 117 Å². The number of H-pyrrole nitrogens is 1. The van der Waals surface area contributed by atoms with Crippen LogP contribution < -0.4 is 4.74 Å². The number of hydrogen-bond donors (Lipinski definition) is 1. The van der Waals surface area contributed by atoms with E-state index in [1.165, 1.54) is 12.0 Å². The highest BCUT2D eigenvalue weighted by Crippen LogP contribution is 2.24. The Bertz CT molecular complexity index is 1290. The van der Waals surface area contributed by atoms with E-state index in [4.69, 9.17) is 19.6 Å². The van der Waals surface area contributed by atoms with Gasteiger partial charge in [0.05, 0.1) is 26.7 Å². The lowest BCUT2D eigenvalue weighted by Gasteiger charge is -2.31. The van der Waals surface area contributed by atoms with Crippen molar-refractivity contribution in [2.45, 2.75) is 45.7 Å². The first-order valence-electron chi connectivity index (χ1n) is 12.5. The number of methoxy groups -OCH3 is 2. The zero-order valence-electron chi connectivity index (χ0n) is 22.3. The van der Waals surface area contributed by atoms with E-state index in [1.807, 2.05) is 62.5 Å². The fourth-order valence-corrected chi connectivity index (χ4v) is 4.15. The summed E-state index contributed by atoms with van der Waals surface area (Å²) >= 11 is 0.